The number of likely N-dealkylation sites (tertiary alicyclic amines) is 1. The number of rotatable bonds is 5. The fourth-order valence-electron chi connectivity index (χ4n) is 2.46. The molecule has 124 valence electrons. The van der Waals surface area contributed by atoms with Gasteiger partial charge in [-0.1, -0.05) is 35.4 Å². The van der Waals surface area contributed by atoms with E-state index in [0.717, 1.165) is 5.56 Å². The van der Waals surface area contributed by atoms with Crippen molar-refractivity contribution in [3.05, 3.63) is 46.3 Å². The molecule has 0 spiro atoms. The minimum absolute atomic E-state index is 0.224. The van der Waals surface area contributed by atoms with E-state index in [9.17, 15) is 4.79 Å². The highest BCUT2D eigenvalue weighted by Gasteiger charge is 2.38. The Morgan fingerprint density at radius 1 is 1.35 bits per heavy atom. The van der Waals surface area contributed by atoms with E-state index in [2.05, 4.69) is 29.7 Å². The number of benzene rings is 1. The molecule has 2 atom stereocenters. The highest BCUT2D eigenvalue weighted by atomic mass is 28.4. The van der Waals surface area contributed by atoms with Crippen LogP contribution in [0.1, 0.15) is 5.56 Å². The summed E-state index contributed by atoms with van der Waals surface area (Å²) in [6, 6.07) is 9.14. The second-order valence-electron chi connectivity index (χ2n) is 6.49. The van der Waals surface area contributed by atoms with Gasteiger partial charge in [-0.05, 0) is 30.7 Å². The Labute approximate surface area is 136 Å². The molecular weight excluding hydrogens is 312 g/mol. The summed E-state index contributed by atoms with van der Waals surface area (Å²) in [6.45, 7) is 7.14. The van der Waals surface area contributed by atoms with Crippen LogP contribution in [0.15, 0.2) is 35.4 Å². The maximum Gasteiger partial charge on any atom is 0.410 e. The monoisotopic (exact) mass is 334 g/mol. The molecule has 1 aromatic carbocycles. The van der Waals surface area contributed by atoms with Crippen molar-refractivity contribution in [2.45, 2.75) is 38.4 Å². The van der Waals surface area contributed by atoms with Crippen molar-refractivity contribution in [2.75, 3.05) is 13.1 Å². The van der Waals surface area contributed by atoms with Gasteiger partial charge in [-0.15, -0.1) is 0 Å². The maximum atomic E-state index is 12.2. The van der Waals surface area contributed by atoms with Crippen molar-refractivity contribution < 1.29 is 14.0 Å². The third-order valence-corrected chi connectivity index (χ3v) is 4.42. The molecule has 0 bridgehead atoms. The van der Waals surface area contributed by atoms with E-state index in [1.807, 2.05) is 30.3 Å². The largest absolute Gasteiger partial charge is 0.445 e. The lowest BCUT2D eigenvalue weighted by Gasteiger charge is -2.25. The number of amides is 1. The fraction of sp³-hybridized carbons (Fsp3) is 0.533. The molecule has 0 N–H and O–H groups in total. The Balaban J connectivity index is 1.94. The number of nitrogens with zero attached hydrogens (tertiary/aromatic N) is 4. The van der Waals surface area contributed by atoms with Gasteiger partial charge in [0.2, 0.25) is 0 Å². The summed E-state index contributed by atoms with van der Waals surface area (Å²) in [7, 11) is -1.79. The summed E-state index contributed by atoms with van der Waals surface area (Å²) >= 11 is 0. The Morgan fingerprint density at radius 3 is 2.65 bits per heavy atom. The van der Waals surface area contributed by atoms with Gasteiger partial charge >= 0.3 is 6.09 Å². The van der Waals surface area contributed by atoms with E-state index in [1.54, 1.807) is 4.90 Å². The predicted molar refractivity (Wildman–Crippen MR) is 89.4 cm³/mol. The minimum atomic E-state index is -1.79. The second kappa shape index (κ2) is 7.50. The second-order valence-corrected chi connectivity index (χ2v) is 10.9. The van der Waals surface area contributed by atoms with Crippen molar-refractivity contribution in [1.29, 1.82) is 0 Å². The van der Waals surface area contributed by atoms with Gasteiger partial charge in [-0.3, -0.25) is 0 Å². The third-order valence-electron chi connectivity index (χ3n) is 3.41. The van der Waals surface area contributed by atoms with E-state index in [-0.39, 0.29) is 18.8 Å². The molecule has 0 saturated carbocycles. The van der Waals surface area contributed by atoms with Crippen LogP contribution >= 0.6 is 0 Å². The van der Waals surface area contributed by atoms with Gasteiger partial charge in [-0.2, -0.15) is 0 Å². The third kappa shape index (κ3) is 5.28. The molecule has 0 aromatic heterocycles. The SMILES string of the molecule is C[Si](C)(C)O[C@H]1CN(C(=O)OCc2ccccc2)C[C@@H]1N=[N+]=[N-]. The van der Waals surface area contributed by atoms with E-state index < -0.39 is 14.4 Å². The molecule has 0 unspecified atom stereocenters. The van der Waals surface area contributed by atoms with Gasteiger partial charge in [-0.25, -0.2) is 4.79 Å². The molecule has 0 radical (unpaired) electrons. The lowest BCUT2D eigenvalue weighted by atomic mass is 10.2. The van der Waals surface area contributed by atoms with Gasteiger partial charge in [0.1, 0.15) is 6.61 Å². The molecule has 0 aliphatic carbocycles. The van der Waals surface area contributed by atoms with Crippen LogP contribution in [-0.4, -0.2) is 44.5 Å². The van der Waals surface area contributed by atoms with Crippen LogP contribution < -0.4 is 0 Å². The van der Waals surface area contributed by atoms with E-state index >= 15 is 0 Å². The standard InChI is InChI=1S/C15H22N4O3Si/c1-23(2,3)22-14-10-19(9-13(14)17-18-16)15(20)21-11-12-7-5-4-6-8-12/h4-8,13-14H,9-11H2,1-3H3/t13-,14-/m0/s1. The van der Waals surface area contributed by atoms with Gasteiger partial charge < -0.3 is 14.1 Å². The lowest BCUT2D eigenvalue weighted by Crippen LogP contribution is -2.38. The molecule has 7 nitrogen and oxygen atoms in total. The maximum absolute atomic E-state index is 12.2. The Morgan fingerprint density at radius 2 is 2.04 bits per heavy atom. The first kappa shape index (κ1) is 17.3. The van der Waals surface area contributed by atoms with Crippen LogP contribution in [-0.2, 0) is 15.8 Å². The number of hydrogen-bond acceptors (Lipinski definition) is 4. The van der Waals surface area contributed by atoms with Gasteiger partial charge in [0, 0.05) is 18.0 Å². The van der Waals surface area contributed by atoms with Crippen molar-refractivity contribution in [3.63, 3.8) is 0 Å². The summed E-state index contributed by atoms with van der Waals surface area (Å²) in [5.74, 6) is 0. The quantitative estimate of drug-likeness (QED) is 0.357. The van der Waals surface area contributed by atoms with Gasteiger partial charge in [0.15, 0.2) is 8.32 Å². The molecule has 1 aromatic rings. The van der Waals surface area contributed by atoms with Gasteiger partial charge in [0.05, 0.1) is 12.1 Å². The van der Waals surface area contributed by atoms with Crippen LogP contribution in [0.25, 0.3) is 10.4 Å². The summed E-state index contributed by atoms with van der Waals surface area (Å²) in [5, 5.41) is 3.77. The van der Waals surface area contributed by atoms with Crippen LogP contribution in [0.5, 0.6) is 0 Å². The van der Waals surface area contributed by atoms with Crippen molar-refractivity contribution in [1.82, 2.24) is 4.90 Å². The topological polar surface area (TPSA) is 87.5 Å². The Hall–Kier alpha value is -2.02. The number of ether oxygens (including phenoxy) is 1. The average molecular weight is 334 g/mol. The van der Waals surface area contributed by atoms with Crippen LogP contribution in [0.2, 0.25) is 19.6 Å². The molecular formula is C15H22N4O3Si. The molecule has 23 heavy (non-hydrogen) atoms. The number of carbonyl (C=O) groups is 1. The zero-order valence-electron chi connectivity index (χ0n) is 13.7. The first-order valence-electron chi connectivity index (χ1n) is 7.57. The van der Waals surface area contributed by atoms with Crippen molar-refractivity contribution >= 4 is 14.4 Å². The fourth-order valence-corrected chi connectivity index (χ4v) is 3.60. The smallest absolute Gasteiger partial charge is 0.410 e. The minimum Gasteiger partial charge on any atom is -0.445 e. The van der Waals surface area contributed by atoms with Crippen LogP contribution in [0, 0.1) is 0 Å². The average Bonchev–Trinajstić information content (AvgIpc) is 2.87. The van der Waals surface area contributed by atoms with E-state index in [0.29, 0.717) is 13.1 Å². The summed E-state index contributed by atoms with van der Waals surface area (Å²) in [4.78, 5) is 16.6. The number of hydrogen-bond donors (Lipinski definition) is 0. The summed E-state index contributed by atoms with van der Waals surface area (Å²) < 4.78 is 11.4. The zero-order valence-corrected chi connectivity index (χ0v) is 14.7. The Kier molecular flexibility index (Phi) is 5.65. The van der Waals surface area contributed by atoms with Crippen LogP contribution in [0.4, 0.5) is 4.79 Å². The number of azide groups is 1. The molecule has 2 rings (SSSR count). The predicted octanol–water partition coefficient (Wildman–Crippen LogP) is 3.54. The molecule has 1 heterocycles. The normalized spacial score (nSPS) is 20.9. The molecule has 1 saturated heterocycles. The van der Waals surface area contributed by atoms with Crippen molar-refractivity contribution in [2.24, 2.45) is 5.11 Å². The molecule has 1 amide bonds. The molecule has 1 aliphatic rings. The van der Waals surface area contributed by atoms with E-state index in [1.165, 1.54) is 0 Å². The Bertz CT molecular complexity index is 584. The summed E-state index contributed by atoms with van der Waals surface area (Å²) in [5.41, 5.74) is 9.63. The summed E-state index contributed by atoms with van der Waals surface area (Å²) in [6.07, 6.45) is -0.671. The molecule has 8 heteroatoms. The first-order chi connectivity index (χ1) is 10.9. The molecule has 1 aliphatic heterocycles. The highest BCUT2D eigenvalue weighted by Crippen LogP contribution is 2.22. The molecule has 1 fully saturated rings. The highest BCUT2D eigenvalue weighted by molar-refractivity contribution is 6.69. The van der Waals surface area contributed by atoms with Crippen molar-refractivity contribution in [3.8, 4) is 0 Å². The zero-order chi connectivity index (χ0) is 16.9. The first-order valence-corrected chi connectivity index (χ1v) is 11.0. The van der Waals surface area contributed by atoms with Crippen LogP contribution in [0.3, 0.4) is 0 Å². The van der Waals surface area contributed by atoms with Gasteiger partial charge in [0.25, 0.3) is 0 Å². The van der Waals surface area contributed by atoms with E-state index in [4.69, 9.17) is 14.7 Å². The lowest BCUT2D eigenvalue weighted by molar-refractivity contribution is 0.0986. The number of carbonyl (C=O) groups excluding carboxylic acids is 1.